The molecule has 2 aromatic rings. The molecule has 0 unspecified atom stereocenters. The molecule has 1 atom stereocenters. The monoisotopic (exact) mass is 332 g/mol. The molecule has 1 fully saturated rings. The molecule has 0 radical (unpaired) electrons. The van der Waals surface area contributed by atoms with Crippen molar-refractivity contribution in [2.75, 3.05) is 37.7 Å². The second-order valence-corrected chi connectivity index (χ2v) is 5.95. The van der Waals surface area contributed by atoms with Gasteiger partial charge in [-0.15, -0.1) is 15.3 Å². The zero-order valence-electron chi connectivity index (χ0n) is 14.0. The molecule has 3 rings (SSSR count). The van der Waals surface area contributed by atoms with Crippen LogP contribution >= 0.6 is 0 Å². The molecule has 0 saturated carbocycles. The Kier molecular flexibility index (Phi) is 5.58. The first kappa shape index (κ1) is 16.6. The SMILES string of the molecule is CCOCCCNC(=O)[C@H]1CCCN(c2ccc3nncn3n2)C1. The zero-order chi connectivity index (χ0) is 16.8. The van der Waals surface area contributed by atoms with Crippen molar-refractivity contribution in [3.63, 3.8) is 0 Å². The van der Waals surface area contributed by atoms with Crippen molar-refractivity contribution >= 4 is 17.4 Å². The number of ether oxygens (including phenoxy) is 1. The first-order valence-electron chi connectivity index (χ1n) is 8.55. The van der Waals surface area contributed by atoms with Crippen molar-refractivity contribution in [3.05, 3.63) is 18.5 Å². The molecular weight excluding hydrogens is 308 g/mol. The molecule has 3 heterocycles. The molecule has 8 nitrogen and oxygen atoms in total. The summed E-state index contributed by atoms with van der Waals surface area (Å²) in [7, 11) is 0. The standard InChI is InChI=1S/C16H24N6O2/c1-2-24-10-4-8-17-16(23)13-5-3-9-21(11-13)15-7-6-14-19-18-12-22(14)20-15/h6-7,12-13H,2-5,8-11H2,1H3,(H,17,23)/t13-/m0/s1. The number of anilines is 1. The van der Waals surface area contributed by atoms with Gasteiger partial charge in [-0.2, -0.15) is 4.52 Å². The zero-order valence-corrected chi connectivity index (χ0v) is 14.0. The Morgan fingerprint density at radius 3 is 3.25 bits per heavy atom. The molecular formula is C16H24N6O2. The van der Waals surface area contributed by atoms with E-state index in [-0.39, 0.29) is 11.8 Å². The maximum absolute atomic E-state index is 12.4. The lowest BCUT2D eigenvalue weighted by Crippen LogP contribution is -2.43. The van der Waals surface area contributed by atoms with Crippen LogP contribution in [0.2, 0.25) is 0 Å². The van der Waals surface area contributed by atoms with Crippen LogP contribution in [-0.2, 0) is 9.53 Å². The molecule has 0 aromatic carbocycles. The van der Waals surface area contributed by atoms with E-state index in [4.69, 9.17) is 4.74 Å². The highest BCUT2D eigenvalue weighted by molar-refractivity contribution is 5.79. The van der Waals surface area contributed by atoms with Crippen LogP contribution in [0.1, 0.15) is 26.2 Å². The number of carbonyl (C=O) groups excluding carboxylic acids is 1. The lowest BCUT2D eigenvalue weighted by Gasteiger charge is -2.32. The molecule has 1 amide bonds. The van der Waals surface area contributed by atoms with Gasteiger partial charge in [0, 0.05) is 32.8 Å². The molecule has 130 valence electrons. The van der Waals surface area contributed by atoms with Gasteiger partial charge in [0.2, 0.25) is 5.91 Å². The van der Waals surface area contributed by atoms with Gasteiger partial charge in [0.25, 0.3) is 0 Å². The minimum Gasteiger partial charge on any atom is -0.382 e. The fourth-order valence-electron chi connectivity index (χ4n) is 2.96. The summed E-state index contributed by atoms with van der Waals surface area (Å²) in [6.45, 7) is 5.65. The van der Waals surface area contributed by atoms with Crippen molar-refractivity contribution in [3.8, 4) is 0 Å². The first-order chi connectivity index (χ1) is 11.8. The van der Waals surface area contributed by atoms with Gasteiger partial charge in [-0.25, -0.2) is 0 Å². The Labute approximate surface area is 141 Å². The van der Waals surface area contributed by atoms with Crippen LogP contribution in [-0.4, -0.2) is 58.6 Å². The van der Waals surface area contributed by atoms with E-state index in [9.17, 15) is 4.79 Å². The molecule has 1 aliphatic rings. The molecule has 8 heteroatoms. The maximum atomic E-state index is 12.4. The fourth-order valence-corrected chi connectivity index (χ4v) is 2.96. The summed E-state index contributed by atoms with van der Waals surface area (Å²) >= 11 is 0. The number of hydrogen-bond acceptors (Lipinski definition) is 6. The third kappa shape index (κ3) is 4.00. The van der Waals surface area contributed by atoms with Crippen molar-refractivity contribution in [1.82, 2.24) is 25.1 Å². The van der Waals surface area contributed by atoms with Gasteiger partial charge in [-0.05, 0) is 38.3 Å². The lowest BCUT2D eigenvalue weighted by molar-refractivity contribution is -0.125. The number of fused-ring (bicyclic) bond motifs is 1. The van der Waals surface area contributed by atoms with E-state index in [1.165, 1.54) is 0 Å². The van der Waals surface area contributed by atoms with Crippen LogP contribution in [0.5, 0.6) is 0 Å². The van der Waals surface area contributed by atoms with Gasteiger partial charge in [0.15, 0.2) is 5.65 Å². The number of carbonyl (C=O) groups is 1. The highest BCUT2D eigenvalue weighted by atomic mass is 16.5. The molecule has 1 aliphatic heterocycles. The minimum atomic E-state index is 0.00394. The van der Waals surface area contributed by atoms with Gasteiger partial charge in [-0.3, -0.25) is 4.79 Å². The highest BCUT2D eigenvalue weighted by Gasteiger charge is 2.26. The maximum Gasteiger partial charge on any atom is 0.224 e. The second-order valence-electron chi connectivity index (χ2n) is 5.95. The van der Waals surface area contributed by atoms with Crippen LogP contribution in [0, 0.1) is 5.92 Å². The Morgan fingerprint density at radius 1 is 1.46 bits per heavy atom. The summed E-state index contributed by atoms with van der Waals surface area (Å²) in [6.07, 6.45) is 4.34. The predicted octanol–water partition coefficient (Wildman–Crippen LogP) is 0.883. The van der Waals surface area contributed by atoms with E-state index < -0.39 is 0 Å². The van der Waals surface area contributed by atoms with Gasteiger partial charge >= 0.3 is 0 Å². The van der Waals surface area contributed by atoms with E-state index in [1.54, 1.807) is 10.8 Å². The minimum absolute atomic E-state index is 0.00394. The Hall–Kier alpha value is -2.22. The summed E-state index contributed by atoms with van der Waals surface area (Å²) in [4.78, 5) is 14.5. The van der Waals surface area contributed by atoms with Gasteiger partial charge < -0.3 is 15.0 Å². The Morgan fingerprint density at radius 2 is 2.38 bits per heavy atom. The van der Waals surface area contributed by atoms with Gasteiger partial charge in [-0.1, -0.05) is 0 Å². The number of hydrogen-bond donors (Lipinski definition) is 1. The average molecular weight is 332 g/mol. The average Bonchev–Trinajstić information content (AvgIpc) is 3.09. The van der Waals surface area contributed by atoms with E-state index in [1.807, 2.05) is 19.1 Å². The molecule has 1 N–H and O–H groups in total. The molecule has 24 heavy (non-hydrogen) atoms. The lowest BCUT2D eigenvalue weighted by atomic mass is 9.97. The third-order valence-electron chi connectivity index (χ3n) is 4.23. The Balaban J connectivity index is 1.54. The smallest absolute Gasteiger partial charge is 0.224 e. The third-order valence-corrected chi connectivity index (χ3v) is 4.23. The summed E-state index contributed by atoms with van der Waals surface area (Å²) in [5.74, 6) is 0.988. The topological polar surface area (TPSA) is 84.6 Å². The van der Waals surface area contributed by atoms with Gasteiger partial charge in [0.05, 0.1) is 5.92 Å². The van der Waals surface area contributed by atoms with Crippen LogP contribution < -0.4 is 10.2 Å². The van der Waals surface area contributed by atoms with E-state index >= 15 is 0 Å². The molecule has 0 spiro atoms. The Bertz CT molecular complexity index is 673. The van der Waals surface area contributed by atoms with Crippen LogP contribution in [0.25, 0.3) is 5.65 Å². The number of rotatable bonds is 7. The first-order valence-corrected chi connectivity index (χ1v) is 8.55. The predicted molar refractivity (Wildman–Crippen MR) is 89.8 cm³/mol. The van der Waals surface area contributed by atoms with Crippen LogP contribution in [0.15, 0.2) is 18.5 Å². The fraction of sp³-hybridized carbons (Fsp3) is 0.625. The van der Waals surface area contributed by atoms with Crippen molar-refractivity contribution in [2.24, 2.45) is 5.92 Å². The quantitative estimate of drug-likeness (QED) is 0.758. The van der Waals surface area contributed by atoms with Crippen molar-refractivity contribution in [1.29, 1.82) is 0 Å². The van der Waals surface area contributed by atoms with E-state index in [0.29, 0.717) is 19.7 Å². The number of nitrogens with zero attached hydrogens (tertiary/aromatic N) is 5. The van der Waals surface area contributed by atoms with Gasteiger partial charge in [0.1, 0.15) is 12.1 Å². The van der Waals surface area contributed by atoms with Crippen molar-refractivity contribution in [2.45, 2.75) is 26.2 Å². The number of aromatic nitrogens is 4. The molecule has 1 saturated heterocycles. The van der Waals surface area contributed by atoms with E-state index in [2.05, 4.69) is 25.5 Å². The summed E-state index contributed by atoms with van der Waals surface area (Å²) < 4.78 is 6.94. The molecule has 0 bridgehead atoms. The summed E-state index contributed by atoms with van der Waals surface area (Å²) in [6, 6.07) is 3.83. The molecule has 0 aliphatic carbocycles. The van der Waals surface area contributed by atoms with Crippen LogP contribution in [0.4, 0.5) is 5.82 Å². The number of amides is 1. The summed E-state index contributed by atoms with van der Waals surface area (Å²) in [5, 5.41) is 15.3. The van der Waals surface area contributed by atoms with E-state index in [0.717, 1.165) is 43.9 Å². The molecule has 2 aromatic heterocycles. The second kappa shape index (κ2) is 8.05. The largest absolute Gasteiger partial charge is 0.382 e. The normalized spacial score (nSPS) is 18.0. The number of piperidine rings is 1. The van der Waals surface area contributed by atoms with Crippen molar-refractivity contribution < 1.29 is 9.53 Å². The number of nitrogens with one attached hydrogen (secondary N) is 1. The highest BCUT2D eigenvalue weighted by Crippen LogP contribution is 2.21. The van der Waals surface area contributed by atoms with Crippen LogP contribution in [0.3, 0.4) is 0 Å². The summed E-state index contributed by atoms with van der Waals surface area (Å²) in [5.41, 5.74) is 0.722.